The van der Waals surface area contributed by atoms with E-state index in [1.165, 1.54) is 31.2 Å². The molecule has 1 aromatic heterocycles. The molecule has 0 aliphatic carbocycles. The van der Waals surface area contributed by atoms with Gasteiger partial charge in [0, 0.05) is 11.6 Å². The average Bonchev–Trinajstić information content (AvgIpc) is 2.38. The lowest BCUT2D eigenvalue weighted by Gasteiger charge is -2.08. The van der Waals surface area contributed by atoms with E-state index in [1.807, 2.05) is 0 Å². The predicted octanol–water partition coefficient (Wildman–Crippen LogP) is 2.13. The second-order valence-electron chi connectivity index (χ2n) is 3.92. The molecule has 20 heavy (non-hydrogen) atoms. The van der Waals surface area contributed by atoms with Crippen LogP contribution in [0.2, 0.25) is 5.15 Å². The van der Waals surface area contributed by atoms with Crippen molar-refractivity contribution in [2.45, 2.75) is 11.8 Å². The normalized spacial score (nSPS) is 11.1. The Labute approximate surface area is 120 Å². The average molecular weight is 312 g/mol. The van der Waals surface area contributed by atoms with Gasteiger partial charge in [0.25, 0.3) is 10.0 Å². The number of nitrogens with one attached hydrogen (secondary N) is 1. The SMILES string of the molecule is CC(=O)c1cccc(S(=O)(=O)Nc2cc(Cl)ncn2)c1. The van der Waals surface area contributed by atoms with Crippen LogP contribution in [-0.2, 0) is 10.0 Å². The highest BCUT2D eigenvalue weighted by Gasteiger charge is 2.16. The summed E-state index contributed by atoms with van der Waals surface area (Å²) in [5.41, 5.74) is 0.314. The van der Waals surface area contributed by atoms with Crippen LogP contribution in [0.25, 0.3) is 0 Å². The number of anilines is 1. The third-order valence-electron chi connectivity index (χ3n) is 2.42. The highest BCUT2D eigenvalue weighted by molar-refractivity contribution is 7.92. The number of carbonyl (C=O) groups is 1. The van der Waals surface area contributed by atoms with Crippen molar-refractivity contribution in [3.05, 3.63) is 47.4 Å². The van der Waals surface area contributed by atoms with E-state index in [-0.39, 0.29) is 21.6 Å². The molecule has 1 N–H and O–H groups in total. The molecule has 0 amide bonds. The van der Waals surface area contributed by atoms with E-state index in [9.17, 15) is 13.2 Å². The number of rotatable bonds is 4. The van der Waals surface area contributed by atoms with Gasteiger partial charge in [-0.25, -0.2) is 18.4 Å². The topological polar surface area (TPSA) is 89.0 Å². The van der Waals surface area contributed by atoms with Crippen molar-refractivity contribution in [2.24, 2.45) is 0 Å². The molecule has 0 fully saturated rings. The molecule has 8 heteroatoms. The number of halogens is 1. The number of ketones is 1. The van der Waals surface area contributed by atoms with Crippen LogP contribution >= 0.6 is 11.6 Å². The van der Waals surface area contributed by atoms with Crippen LogP contribution in [0.1, 0.15) is 17.3 Å². The van der Waals surface area contributed by atoms with Crippen molar-refractivity contribution < 1.29 is 13.2 Å². The Balaban J connectivity index is 2.35. The van der Waals surface area contributed by atoms with Gasteiger partial charge in [-0.15, -0.1) is 0 Å². The lowest BCUT2D eigenvalue weighted by atomic mass is 10.2. The van der Waals surface area contributed by atoms with Gasteiger partial charge in [0.15, 0.2) is 5.78 Å². The van der Waals surface area contributed by atoms with E-state index in [0.29, 0.717) is 5.56 Å². The van der Waals surface area contributed by atoms with Crippen LogP contribution in [0.15, 0.2) is 41.6 Å². The fourth-order valence-electron chi connectivity index (χ4n) is 1.47. The van der Waals surface area contributed by atoms with E-state index >= 15 is 0 Å². The molecular weight excluding hydrogens is 302 g/mol. The number of benzene rings is 1. The molecule has 2 aromatic rings. The smallest absolute Gasteiger partial charge is 0.263 e. The number of nitrogens with zero attached hydrogens (tertiary/aromatic N) is 2. The van der Waals surface area contributed by atoms with Crippen molar-refractivity contribution in [1.82, 2.24) is 9.97 Å². The summed E-state index contributed by atoms with van der Waals surface area (Å²) in [6.45, 7) is 1.36. The molecule has 0 unspecified atom stereocenters. The van der Waals surface area contributed by atoms with Crippen molar-refractivity contribution in [1.29, 1.82) is 0 Å². The molecule has 0 bridgehead atoms. The molecule has 0 radical (unpaired) electrons. The maximum Gasteiger partial charge on any atom is 0.263 e. The zero-order valence-electron chi connectivity index (χ0n) is 10.4. The molecule has 1 aromatic carbocycles. The molecule has 0 saturated carbocycles. The molecule has 0 atom stereocenters. The maximum absolute atomic E-state index is 12.2. The summed E-state index contributed by atoms with van der Waals surface area (Å²) in [5.74, 6) is -0.162. The lowest BCUT2D eigenvalue weighted by Crippen LogP contribution is -2.14. The standard InChI is InChI=1S/C12H10ClN3O3S/c1-8(17)9-3-2-4-10(5-9)20(18,19)16-12-6-11(13)14-7-15-12/h2-7H,1H3,(H,14,15,16). The molecule has 0 aliphatic rings. The molecule has 0 saturated heterocycles. The molecule has 6 nitrogen and oxygen atoms in total. The zero-order valence-corrected chi connectivity index (χ0v) is 11.9. The minimum absolute atomic E-state index is 0.0278. The Morgan fingerprint density at radius 2 is 2.00 bits per heavy atom. The van der Waals surface area contributed by atoms with E-state index < -0.39 is 10.0 Å². The van der Waals surface area contributed by atoms with Crippen LogP contribution in [0, 0.1) is 0 Å². The Morgan fingerprint density at radius 1 is 1.25 bits per heavy atom. The van der Waals surface area contributed by atoms with Gasteiger partial charge >= 0.3 is 0 Å². The molecule has 104 valence electrons. The fourth-order valence-corrected chi connectivity index (χ4v) is 2.66. The first-order chi connectivity index (χ1) is 9.38. The number of aromatic nitrogens is 2. The lowest BCUT2D eigenvalue weighted by molar-refractivity contribution is 0.101. The van der Waals surface area contributed by atoms with Crippen molar-refractivity contribution in [2.75, 3.05) is 4.72 Å². The van der Waals surface area contributed by atoms with E-state index in [4.69, 9.17) is 11.6 Å². The minimum Gasteiger partial charge on any atom is -0.295 e. The van der Waals surface area contributed by atoms with Crippen molar-refractivity contribution >= 4 is 33.2 Å². The van der Waals surface area contributed by atoms with Crippen LogP contribution in [-0.4, -0.2) is 24.2 Å². The van der Waals surface area contributed by atoms with E-state index in [0.717, 1.165) is 6.33 Å². The van der Waals surface area contributed by atoms with Gasteiger partial charge in [0.05, 0.1) is 4.90 Å². The maximum atomic E-state index is 12.2. The van der Waals surface area contributed by atoms with Gasteiger partial charge in [-0.3, -0.25) is 9.52 Å². The van der Waals surface area contributed by atoms with Crippen LogP contribution in [0.5, 0.6) is 0 Å². The predicted molar refractivity (Wildman–Crippen MR) is 74.3 cm³/mol. The van der Waals surface area contributed by atoms with Gasteiger partial charge in [0.1, 0.15) is 17.3 Å². The molecule has 0 aliphatic heterocycles. The van der Waals surface area contributed by atoms with Crippen LogP contribution < -0.4 is 4.72 Å². The van der Waals surface area contributed by atoms with Gasteiger partial charge in [-0.1, -0.05) is 23.7 Å². The van der Waals surface area contributed by atoms with Crippen LogP contribution in [0.3, 0.4) is 0 Å². The van der Waals surface area contributed by atoms with Gasteiger partial charge < -0.3 is 0 Å². The Hall–Kier alpha value is -1.99. The number of hydrogen-bond donors (Lipinski definition) is 1. The van der Waals surface area contributed by atoms with E-state index in [2.05, 4.69) is 14.7 Å². The Bertz CT molecular complexity index is 762. The summed E-state index contributed by atoms with van der Waals surface area (Å²) in [6.07, 6.45) is 1.15. The van der Waals surface area contributed by atoms with Gasteiger partial charge in [-0.05, 0) is 19.1 Å². The summed E-state index contributed by atoms with van der Waals surface area (Å²) in [6, 6.07) is 7.01. The van der Waals surface area contributed by atoms with Gasteiger partial charge in [-0.2, -0.15) is 0 Å². The first-order valence-electron chi connectivity index (χ1n) is 5.50. The summed E-state index contributed by atoms with van der Waals surface area (Å²) in [5, 5.41) is 0.121. The third kappa shape index (κ3) is 3.31. The summed E-state index contributed by atoms with van der Waals surface area (Å²) in [4.78, 5) is 18.7. The number of sulfonamides is 1. The number of carbonyl (C=O) groups excluding carboxylic acids is 1. The largest absolute Gasteiger partial charge is 0.295 e. The summed E-state index contributed by atoms with van der Waals surface area (Å²) < 4.78 is 26.6. The molecular formula is C12H10ClN3O3S. The molecule has 0 spiro atoms. The van der Waals surface area contributed by atoms with Gasteiger partial charge in [0.2, 0.25) is 0 Å². The number of Topliss-reactive ketones (excluding diaryl/α,β-unsaturated/α-hetero) is 1. The Morgan fingerprint density at radius 3 is 2.65 bits per heavy atom. The third-order valence-corrected chi connectivity index (χ3v) is 3.98. The number of hydrogen-bond acceptors (Lipinski definition) is 5. The van der Waals surface area contributed by atoms with Crippen molar-refractivity contribution in [3.8, 4) is 0 Å². The second kappa shape index (κ2) is 5.56. The van der Waals surface area contributed by atoms with Crippen molar-refractivity contribution in [3.63, 3.8) is 0 Å². The Kier molecular flexibility index (Phi) is 4.01. The zero-order chi connectivity index (χ0) is 14.8. The first-order valence-corrected chi connectivity index (χ1v) is 7.36. The second-order valence-corrected chi connectivity index (χ2v) is 5.99. The highest BCUT2D eigenvalue weighted by Crippen LogP contribution is 2.17. The van der Waals surface area contributed by atoms with Crippen LogP contribution in [0.4, 0.5) is 5.82 Å². The fraction of sp³-hybridized carbons (Fsp3) is 0.0833. The molecule has 2 rings (SSSR count). The monoisotopic (exact) mass is 311 g/mol. The quantitative estimate of drug-likeness (QED) is 0.690. The summed E-state index contributed by atoms with van der Waals surface area (Å²) in [7, 11) is -3.84. The first kappa shape index (κ1) is 14.4. The highest BCUT2D eigenvalue weighted by atomic mass is 35.5. The minimum atomic E-state index is -3.84. The summed E-state index contributed by atoms with van der Waals surface area (Å²) >= 11 is 5.66. The van der Waals surface area contributed by atoms with E-state index in [1.54, 1.807) is 6.07 Å². The molecule has 1 heterocycles.